The number of benzene rings is 2. The zero-order chi connectivity index (χ0) is 16.4. The number of halogens is 1. The number of hydrogen-bond acceptors (Lipinski definition) is 4. The van der Waals surface area contributed by atoms with Gasteiger partial charge >= 0.3 is 0 Å². The van der Waals surface area contributed by atoms with Crippen molar-refractivity contribution in [2.24, 2.45) is 0 Å². The van der Waals surface area contributed by atoms with Gasteiger partial charge in [-0.25, -0.2) is 4.98 Å². The van der Waals surface area contributed by atoms with E-state index in [1.54, 1.807) is 36.4 Å². The lowest BCUT2D eigenvalue weighted by molar-refractivity contribution is 0.471. The first kappa shape index (κ1) is 15.7. The average Bonchev–Trinajstić information content (AvgIpc) is 2.56. The molecule has 1 aromatic heterocycles. The van der Waals surface area contributed by atoms with E-state index in [-0.39, 0.29) is 20.0 Å². The molecule has 4 nitrogen and oxygen atoms in total. The summed E-state index contributed by atoms with van der Waals surface area (Å²) in [6.07, 6.45) is 3.40. The van der Waals surface area contributed by atoms with E-state index in [0.29, 0.717) is 26.6 Å². The van der Waals surface area contributed by atoms with Crippen LogP contribution in [0.3, 0.4) is 0 Å². The smallest absolute Gasteiger partial charge is 0.192 e. The van der Waals surface area contributed by atoms with Crippen LogP contribution >= 0.6 is 24.4 Å². The normalized spacial score (nSPS) is 11.5. The molecule has 0 radical (unpaired) electrons. The van der Waals surface area contributed by atoms with Gasteiger partial charge < -0.3 is 10.2 Å². The summed E-state index contributed by atoms with van der Waals surface area (Å²) in [6, 6.07) is 12.1. The number of para-hydroxylation sites is 1. The molecule has 6 heteroatoms. The highest BCUT2D eigenvalue weighted by Crippen LogP contribution is 2.29. The zero-order valence-electron chi connectivity index (χ0n) is 11.8. The number of phenolic OH excluding ortho intramolecular Hbond substituents is 2. The third-order valence-corrected chi connectivity index (χ3v) is 4.41. The Hall–Kier alpha value is -2.23. The maximum absolute atomic E-state index is 11.0. The van der Waals surface area contributed by atoms with Crippen molar-refractivity contribution in [2.45, 2.75) is 0 Å². The van der Waals surface area contributed by atoms with Gasteiger partial charge in [0.25, 0.3) is 0 Å². The standard InChI is InChI=1S/C17H11BrNO3P/c18-14-9-13(23-22)8-11(17(14)21)5-7-12-6-4-10-2-1-3-15(20)16(10)19-12/h1-9,20-21H/b7-5+. The van der Waals surface area contributed by atoms with E-state index in [1.807, 2.05) is 18.2 Å². The Balaban J connectivity index is 2.02. The second kappa shape index (κ2) is 6.49. The van der Waals surface area contributed by atoms with Crippen molar-refractivity contribution >= 4 is 52.7 Å². The van der Waals surface area contributed by atoms with Gasteiger partial charge in [0.1, 0.15) is 17.0 Å². The molecule has 0 amide bonds. The van der Waals surface area contributed by atoms with Crippen LogP contribution in [0.1, 0.15) is 11.3 Å². The molecule has 0 aliphatic carbocycles. The quantitative estimate of drug-likeness (QED) is 0.649. The molecule has 0 fully saturated rings. The maximum atomic E-state index is 11.0. The van der Waals surface area contributed by atoms with E-state index in [0.717, 1.165) is 5.39 Å². The fourth-order valence-corrected chi connectivity index (χ4v) is 3.23. The summed E-state index contributed by atoms with van der Waals surface area (Å²) in [4.78, 5) is 4.39. The summed E-state index contributed by atoms with van der Waals surface area (Å²) in [5, 5.41) is 21.3. The summed E-state index contributed by atoms with van der Waals surface area (Å²) in [7, 11) is -0.120. The van der Waals surface area contributed by atoms with Gasteiger partial charge in [0.15, 0.2) is 8.46 Å². The lowest BCUT2D eigenvalue weighted by Gasteiger charge is -2.04. The first-order valence-corrected chi connectivity index (χ1v) is 8.32. The van der Waals surface area contributed by atoms with E-state index in [2.05, 4.69) is 20.9 Å². The fraction of sp³-hybridized carbons (Fsp3) is 0. The Morgan fingerprint density at radius 2 is 1.91 bits per heavy atom. The van der Waals surface area contributed by atoms with Crippen LogP contribution in [0.4, 0.5) is 0 Å². The number of hydrogen-bond donors (Lipinski definition) is 2. The summed E-state index contributed by atoms with van der Waals surface area (Å²) in [5.41, 5.74) is 1.68. The van der Waals surface area contributed by atoms with Gasteiger partial charge in [0.2, 0.25) is 0 Å². The Bertz CT molecular complexity index is 941. The summed E-state index contributed by atoms with van der Waals surface area (Å²) >= 11 is 3.23. The number of nitrogens with zero attached hydrogens (tertiary/aromatic N) is 1. The van der Waals surface area contributed by atoms with E-state index < -0.39 is 0 Å². The van der Waals surface area contributed by atoms with Gasteiger partial charge in [-0.3, -0.25) is 4.57 Å². The molecular weight excluding hydrogens is 377 g/mol. The van der Waals surface area contributed by atoms with Gasteiger partial charge in [-0.05, 0) is 52.3 Å². The molecule has 0 aliphatic heterocycles. The Morgan fingerprint density at radius 3 is 2.70 bits per heavy atom. The van der Waals surface area contributed by atoms with Crippen molar-refractivity contribution < 1.29 is 14.8 Å². The van der Waals surface area contributed by atoms with Crippen LogP contribution in [0.2, 0.25) is 0 Å². The minimum absolute atomic E-state index is 0.0669. The predicted molar refractivity (Wildman–Crippen MR) is 95.4 cm³/mol. The molecule has 0 bridgehead atoms. The number of aromatic nitrogens is 1. The second-order valence-corrected chi connectivity index (χ2v) is 6.43. The van der Waals surface area contributed by atoms with E-state index in [9.17, 15) is 14.8 Å². The number of rotatable bonds is 3. The molecular formula is C17H11BrNO3P. The number of pyridine rings is 1. The van der Waals surface area contributed by atoms with Gasteiger partial charge in [-0.1, -0.05) is 18.2 Å². The van der Waals surface area contributed by atoms with E-state index in [1.165, 1.54) is 0 Å². The molecule has 0 saturated carbocycles. The van der Waals surface area contributed by atoms with Crippen LogP contribution in [0.5, 0.6) is 11.5 Å². The molecule has 3 rings (SSSR count). The average molecular weight is 388 g/mol. The Kier molecular flexibility index (Phi) is 4.42. The van der Waals surface area contributed by atoms with Crippen molar-refractivity contribution in [3.63, 3.8) is 0 Å². The lowest BCUT2D eigenvalue weighted by Crippen LogP contribution is -1.93. The van der Waals surface area contributed by atoms with Gasteiger partial charge in [0, 0.05) is 16.3 Å². The molecule has 0 unspecified atom stereocenters. The third-order valence-electron chi connectivity index (χ3n) is 3.34. The molecule has 2 aromatic carbocycles. The maximum Gasteiger partial charge on any atom is 0.192 e. The van der Waals surface area contributed by atoms with Crippen molar-refractivity contribution in [2.75, 3.05) is 0 Å². The van der Waals surface area contributed by atoms with Crippen LogP contribution in [0, 0.1) is 0 Å². The minimum Gasteiger partial charge on any atom is -0.506 e. The van der Waals surface area contributed by atoms with Crippen LogP contribution in [0.25, 0.3) is 23.1 Å². The number of aromatic hydroxyl groups is 2. The van der Waals surface area contributed by atoms with E-state index >= 15 is 0 Å². The molecule has 0 aliphatic rings. The molecule has 0 atom stereocenters. The van der Waals surface area contributed by atoms with E-state index in [4.69, 9.17) is 0 Å². The molecule has 2 N–H and O–H groups in total. The van der Waals surface area contributed by atoms with Crippen LogP contribution in [-0.4, -0.2) is 15.2 Å². The largest absolute Gasteiger partial charge is 0.506 e. The van der Waals surface area contributed by atoms with Gasteiger partial charge in [0.05, 0.1) is 10.2 Å². The molecule has 0 spiro atoms. The molecule has 0 saturated heterocycles. The van der Waals surface area contributed by atoms with Gasteiger partial charge in [-0.2, -0.15) is 0 Å². The SMILES string of the molecule is O=Pc1cc(Br)c(O)c(/C=C/c2ccc3cccc(O)c3n2)c1. The zero-order valence-corrected chi connectivity index (χ0v) is 14.3. The molecule has 23 heavy (non-hydrogen) atoms. The van der Waals surface area contributed by atoms with Crippen molar-refractivity contribution in [1.82, 2.24) is 4.98 Å². The highest BCUT2D eigenvalue weighted by Gasteiger charge is 2.06. The topological polar surface area (TPSA) is 70.4 Å². The van der Waals surface area contributed by atoms with Crippen LogP contribution in [0.15, 0.2) is 46.9 Å². The first-order chi connectivity index (χ1) is 11.1. The Labute approximate surface area is 142 Å². The second-order valence-electron chi connectivity index (χ2n) is 4.88. The van der Waals surface area contributed by atoms with Gasteiger partial charge in [-0.15, -0.1) is 0 Å². The van der Waals surface area contributed by atoms with Crippen molar-refractivity contribution in [3.05, 3.63) is 58.2 Å². The lowest BCUT2D eigenvalue weighted by atomic mass is 10.1. The van der Waals surface area contributed by atoms with Crippen molar-refractivity contribution in [3.8, 4) is 11.5 Å². The van der Waals surface area contributed by atoms with Crippen molar-refractivity contribution in [1.29, 1.82) is 0 Å². The highest BCUT2D eigenvalue weighted by atomic mass is 79.9. The molecule has 114 valence electrons. The molecule has 1 heterocycles. The summed E-state index contributed by atoms with van der Waals surface area (Å²) < 4.78 is 11.5. The predicted octanol–water partition coefficient (Wildman–Crippen LogP) is 4.50. The highest BCUT2D eigenvalue weighted by molar-refractivity contribution is 9.10. The summed E-state index contributed by atoms with van der Waals surface area (Å²) in [6.45, 7) is 0. The minimum atomic E-state index is -0.120. The first-order valence-electron chi connectivity index (χ1n) is 6.71. The summed E-state index contributed by atoms with van der Waals surface area (Å²) in [5.74, 6) is 0.188. The third kappa shape index (κ3) is 3.26. The van der Waals surface area contributed by atoms with Crippen LogP contribution in [-0.2, 0) is 4.57 Å². The number of phenols is 2. The van der Waals surface area contributed by atoms with Crippen LogP contribution < -0.4 is 5.30 Å². The Morgan fingerprint density at radius 1 is 1.09 bits per heavy atom. The molecule has 3 aromatic rings. The monoisotopic (exact) mass is 387 g/mol. The number of fused-ring (bicyclic) bond motifs is 1. The fourth-order valence-electron chi connectivity index (χ4n) is 2.20.